The van der Waals surface area contributed by atoms with E-state index in [1.54, 1.807) is 48.5 Å². The first kappa shape index (κ1) is 37.7. The number of carbonyl (C=O) groups is 2. The van der Waals surface area contributed by atoms with Crippen molar-refractivity contribution < 1.29 is 38.4 Å². The number of aromatic carboxylic acids is 2. The highest BCUT2D eigenvalue weighted by molar-refractivity contribution is 9.10. The maximum atomic E-state index is 14.0. The number of hydrogen-bond donors (Lipinski definition) is 3. The number of carboxylic acids is 2. The largest absolute Gasteiger partial charge is 0.507 e. The standard InChI is InChI=1S/C25H19BrF2O3.C18H15BrO3/c26-18-8-10-24(31-14-17-7-9-19(27)13-23(17)28)22(12-18)21-6-2-5-20(21)15-3-1-4-16(11-15)25(29)30;19-13-7-8-17(20)16(10-13)15-6-2-5-14(15)11-3-1-4-12(9-11)18(21)22/h1,3-4,7-13H,2,5-6,14H2,(H,29,30);1,3-4,7-10,20H,2,5-6H2,(H,21,22). The van der Waals surface area contributed by atoms with E-state index in [1.807, 2.05) is 36.4 Å². The Morgan fingerprint density at radius 1 is 0.623 bits per heavy atom. The topological polar surface area (TPSA) is 104 Å². The van der Waals surface area contributed by atoms with Crippen molar-refractivity contribution in [1.29, 1.82) is 0 Å². The van der Waals surface area contributed by atoms with Gasteiger partial charge in [-0.3, -0.25) is 0 Å². The Morgan fingerprint density at radius 2 is 1.15 bits per heavy atom. The van der Waals surface area contributed by atoms with Crippen LogP contribution in [0, 0.1) is 11.6 Å². The summed E-state index contributed by atoms with van der Waals surface area (Å²) in [6.07, 6.45) is 5.39. The molecule has 2 aliphatic carbocycles. The molecule has 0 heterocycles. The Bertz CT molecular complexity index is 2280. The van der Waals surface area contributed by atoms with Crippen molar-refractivity contribution in [3.8, 4) is 11.5 Å². The van der Waals surface area contributed by atoms with Gasteiger partial charge in [0, 0.05) is 31.7 Å². The molecule has 0 spiro atoms. The molecule has 5 aromatic rings. The highest BCUT2D eigenvalue weighted by Gasteiger charge is 2.23. The van der Waals surface area contributed by atoms with Crippen molar-refractivity contribution in [2.24, 2.45) is 0 Å². The molecule has 0 fully saturated rings. The van der Waals surface area contributed by atoms with Gasteiger partial charge in [-0.1, -0.05) is 56.1 Å². The van der Waals surface area contributed by atoms with Gasteiger partial charge in [-0.05, 0) is 145 Å². The van der Waals surface area contributed by atoms with Crippen LogP contribution in [0.25, 0.3) is 22.3 Å². The molecule has 2 aliphatic rings. The molecule has 3 N–H and O–H groups in total. The lowest BCUT2D eigenvalue weighted by Gasteiger charge is -2.16. The highest BCUT2D eigenvalue weighted by atomic mass is 79.9. The summed E-state index contributed by atoms with van der Waals surface area (Å²) >= 11 is 6.95. The molecule has 0 aromatic heterocycles. The third-order valence-electron chi connectivity index (χ3n) is 9.30. The fourth-order valence-electron chi connectivity index (χ4n) is 6.81. The van der Waals surface area contributed by atoms with Crippen LogP contribution in [0.4, 0.5) is 8.78 Å². The maximum Gasteiger partial charge on any atom is 0.335 e. The zero-order valence-corrected chi connectivity index (χ0v) is 31.5. The molecule has 10 heteroatoms. The minimum atomic E-state index is -0.963. The van der Waals surface area contributed by atoms with Gasteiger partial charge in [-0.25, -0.2) is 18.4 Å². The Balaban J connectivity index is 0.000000192. The Labute approximate surface area is 322 Å². The second-order valence-corrected chi connectivity index (χ2v) is 14.6. The summed E-state index contributed by atoms with van der Waals surface area (Å²) in [7, 11) is 0. The van der Waals surface area contributed by atoms with Crippen molar-refractivity contribution in [1.82, 2.24) is 0 Å². The fourth-order valence-corrected chi connectivity index (χ4v) is 7.53. The second-order valence-electron chi connectivity index (χ2n) is 12.7. The van der Waals surface area contributed by atoms with E-state index in [1.165, 1.54) is 12.1 Å². The number of allylic oxidation sites excluding steroid dienone is 4. The smallest absolute Gasteiger partial charge is 0.335 e. The average molecular weight is 845 g/mol. The van der Waals surface area contributed by atoms with Crippen molar-refractivity contribution in [2.75, 3.05) is 0 Å². The number of ether oxygens (including phenoxy) is 1. The lowest BCUT2D eigenvalue weighted by Crippen LogP contribution is -2.01. The van der Waals surface area contributed by atoms with Crippen LogP contribution in [-0.4, -0.2) is 27.3 Å². The van der Waals surface area contributed by atoms with Crippen molar-refractivity contribution >= 4 is 66.1 Å². The molecule has 0 radical (unpaired) electrons. The maximum absolute atomic E-state index is 14.0. The van der Waals surface area contributed by atoms with Crippen LogP contribution >= 0.6 is 31.9 Å². The summed E-state index contributed by atoms with van der Waals surface area (Å²) < 4.78 is 34.9. The van der Waals surface area contributed by atoms with Gasteiger partial charge in [-0.15, -0.1) is 0 Å². The van der Waals surface area contributed by atoms with E-state index in [0.29, 0.717) is 5.75 Å². The molecule has 0 saturated heterocycles. The number of phenols is 1. The molecular formula is C43H34Br2F2O6. The third-order valence-corrected chi connectivity index (χ3v) is 10.3. The molecule has 53 heavy (non-hydrogen) atoms. The van der Waals surface area contributed by atoms with Crippen LogP contribution in [0.1, 0.15) is 87.1 Å². The van der Waals surface area contributed by atoms with E-state index in [-0.39, 0.29) is 29.0 Å². The monoisotopic (exact) mass is 842 g/mol. The summed E-state index contributed by atoms with van der Waals surface area (Å²) in [5.74, 6) is -2.32. The predicted molar refractivity (Wildman–Crippen MR) is 209 cm³/mol. The van der Waals surface area contributed by atoms with Crippen LogP contribution in [0.3, 0.4) is 0 Å². The Hall–Kier alpha value is -5.06. The first-order valence-corrected chi connectivity index (χ1v) is 18.5. The van der Waals surface area contributed by atoms with Crippen molar-refractivity contribution in [2.45, 2.75) is 45.1 Å². The summed E-state index contributed by atoms with van der Waals surface area (Å²) in [6.45, 7) is -0.0299. The van der Waals surface area contributed by atoms with Gasteiger partial charge in [0.15, 0.2) is 0 Å². The summed E-state index contributed by atoms with van der Waals surface area (Å²) in [4.78, 5) is 22.5. The summed E-state index contributed by atoms with van der Waals surface area (Å²) in [5, 5.41) is 28.6. The molecule has 0 unspecified atom stereocenters. The van der Waals surface area contributed by atoms with Gasteiger partial charge in [-0.2, -0.15) is 0 Å². The Morgan fingerprint density at radius 3 is 1.72 bits per heavy atom. The van der Waals surface area contributed by atoms with Gasteiger partial charge in [0.2, 0.25) is 0 Å². The predicted octanol–water partition coefficient (Wildman–Crippen LogP) is 12.0. The number of aromatic hydroxyl groups is 1. The van der Waals surface area contributed by atoms with E-state index in [9.17, 15) is 28.6 Å². The van der Waals surface area contributed by atoms with Crippen LogP contribution in [0.15, 0.2) is 112 Å². The number of carboxylic acid groups (broad SMARTS) is 2. The molecule has 0 atom stereocenters. The molecule has 0 aliphatic heterocycles. The van der Waals surface area contributed by atoms with E-state index >= 15 is 0 Å². The van der Waals surface area contributed by atoms with E-state index in [4.69, 9.17) is 9.84 Å². The van der Waals surface area contributed by atoms with Crippen LogP contribution in [0.5, 0.6) is 11.5 Å². The lowest BCUT2D eigenvalue weighted by atomic mass is 9.95. The first-order valence-electron chi connectivity index (χ1n) is 17.0. The molecule has 7 rings (SSSR count). The number of rotatable bonds is 9. The normalized spacial score (nSPS) is 13.9. The quantitative estimate of drug-likeness (QED) is 0.137. The van der Waals surface area contributed by atoms with Crippen LogP contribution < -0.4 is 4.74 Å². The SMILES string of the molecule is O=C(O)c1cccc(C2=C(c3cc(Br)ccc3O)CCC2)c1.O=C(O)c1cccc(C2=C(c3cc(Br)ccc3OCc3ccc(F)cc3F)CCC2)c1. The van der Waals surface area contributed by atoms with Crippen LogP contribution in [0.2, 0.25) is 0 Å². The summed E-state index contributed by atoms with van der Waals surface area (Å²) in [5.41, 5.74) is 8.69. The number of phenolic OH excluding ortho intramolecular Hbond substituents is 1. The third kappa shape index (κ3) is 8.95. The zero-order valence-electron chi connectivity index (χ0n) is 28.3. The van der Waals surface area contributed by atoms with Gasteiger partial charge in [0.25, 0.3) is 0 Å². The van der Waals surface area contributed by atoms with Gasteiger partial charge < -0.3 is 20.1 Å². The van der Waals surface area contributed by atoms with E-state index in [2.05, 4.69) is 31.9 Å². The zero-order chi connectivity index (χ0) is 37.6. The van der Waals surface area contributed by atoms with E-state index < -0.39 is 23.6 Å². The van der Waals surface area contributed by atoms with Crippen LogP contribution in [-0.2, 0) is 6.61 Å². The molecule has 0 saturated carbocycles. The van der Waals surface area contributed by atoms with Gasteiger partial charge in [0.05, 0.1) is 11.1 Å². The van der Waals surface area contributed by atoms with E-state index in [0.717, 1.165) is 98.1 Å². The molecule has 0 amide bonds. The second kappa shape index (κ2) is 16.7. The van der Waals surface area contributed by atoms with Gasteiger partial charge in [0.1, 0.15) is 29.7 Å². The lowest BCUT2D eigenvalue weighted by molar-refractivity contribution is 0.0686. The fraction of sp³-hybridized carbons (Fsp3) is 0.163. The minimum Gasteiger partial charge on any atom is -0.507 e. The average Bonchev–Trinajstić information content (AvgIpc) is 3.84. The Kier molecular flexibility index (Phi) is 11.9. The highest BCUT2D eigenvalue weighted by Crippen LogP contribution is 2.45. The van der Waals surface area contributed by atoms with Crippen molar-refractivity contribution in [3.63, 3.8) is 0 Å². The molecule has 270 valence electrons. The minimum absolute atomic E-state index is 0.0299. The van der Waals surface area contributed by atoms with Crippen molar-refractivity contribution in [3.05, 3.63) is 163 Å². The first-order chi connectivity index (χ1) is 25.5. The molecule has 6 nitrogen and oxygen atoms in total. The number of benzene rings is 5. The number of halogens is 4. The number of hydrogen-bond acceptors (Lipinski definition) is 4. The molecule has 0 bridgehead atoms. The molecular weight excluding hydrogens is 810 g/mol. The van der Waals surface area contributed by atoms with Gasteiger partial charge >= 0.3 is 11.9 Å². The molecule has 5 aromatic carbocycles. The summed E-state index contributed by atoms with van der Waals surface area (Å²) in [6, 6.07) is 28.4.